The molecule has 1 unspecified atom stereocenters. The quantitative estimate of drug-likeness (QED) is 0.259. The molecule has 5 N–H and O–H groups in total. The Kier molecular flexibility index (Phi) is 5.08. The van der Waals surface area contributed by atoms with Gasteiger partial charge in [0.25, 0.3) is 5.91 Å². The van der Waals surface area contributed by atoms with E-state index in [1.807, 2.05) is 30.3 Å². The Balaban J connectivity index is 2.34. The summed E-state index contributed by atoms with van der Waals surface area (Å²) in [5, 5.41) is -0.481. The maximum absolute atomic E-state index is 12.1. The summed E-state index contributed by atoms with van der Waals surface area (Å²) >= 11 is 1.33. The minimum atomic E-state index is -0.481. The summed E-state index contributed by atoms with van der Waals surface area (Å²) in [6, 6.07) is 14.7. The molecule has 5 nitrogen and oxygen atoms in total. The molecule has 0 fully saturated rings. The van der Waals surface area contributed by atoms with Gasteiger partial charge in [0.15, 0.2) is 0 Å². The number of nitrogen functional groups attached to an aromatic ring is 1. The van der Waals surface area contributed by atoms with Crippen LogP contribution in [-0.4, -0.2) is 13.0 Å². The smallest absolute Gasteiger partial charge is 0.251 e. The third-order valence-electron chi connectivity index (χ3n) is 2.95. The van der Waals surface area contributed by atoms with E-state index in [-0.39, 0.29) is 5.91 Å². The first-order chi connectivity index (χ1) is 10.2. The summed E-state index contributed by atoms with van der Waals surface area (Å²) in [6.45, 7) is 0. The normalized spacial score (nSPS) is 11.7. The largest absolute Gasteiger partial charge is 0.497 e. The van der Waals surface area contributed by atoms with E-state index in [0.29, 0.717) is 11.4 Å². The predicted molar refractivity (Wildman–Crippen MR) is 84.8 cm³/mol. The Morgan fingerprint density at radius 1 is 1.24 bits per heavy atom. The molecular formula is C15H17N3O2S. The SMILES string of the molecule is COc1ccc(N)c(SC(C(=O)NN)c2ccccc2)c1. The van der Waals surface area contributed by atoms with Crippen molar-refractivity contribution in [3.8, 4) is 5.75 Å². The van der Waals surface area contributed by atoms with Crippen molar-refractivity contribution in [3.63, 3.8) is 0 Å². The summed E-state index contributed by atoms with van der Waals surface area (Å²) < 4.78 is 5.19. The third-order valence-corrected chi connectivity index (χ3v) is 4.28. The predicted octanol–water partition coefficient (Wildman–Crippen LogP) is 2.10. The summed E-state index contributed by atoms with van der Waals surface area (Å²) in [5.74, 6) is 5.69. The van der Waals surface area contributed by atoms with Crippen LogP contribution in [0.15, 0.2) is 53.4 Å². The fraction of sp³-hybridized carbons (Fsp3) is 0.133. The summed E-state index contributed by atoms with van der Waals surface area (Å²) in [6.07, 6.45) is 0. The van der Waals surface area contributed by atoms with Gasteiger partial charge in [0.2, 0.25) is 0 Å². The molecule has 0 spiro atoms. The van der Waals surface area contributed by atoms with E-state index >= 15 is 0 Å². The topological polar surface area (TPSA) is 90.4 Å². The van der Waals surface area contributed by atoms with Gasteiger partial charge < -0.3 is 10.5 Å². The van der Waals surface area contributed by atoms with E-state index in [2.05, 4.69) is 5.43 Å². The first-order valence-corrected chi connectivity index (χ1v) is 7.19. The van der Waals surface area contributed by atoms with Crippen LogP contribution in [0.4, 0.5) is 5.69 Å². The number of nitrogens with one attached hydrogen (secondary N) is 1. The lowest BCUT2D eigenvalue weighted by molar-refractivity contribution is -0.120. The molecule has 0 aliphatic heterocycles. The number of hydrogen-bond acceptors (Lipinski definition) is 5. The molecule has 1 atom stereocenters. The van der Waals surface area contributed by atoms with Crippen LogP contribution in [0.5, 0.6) is 5.75 Å². The number of ether oxygens (including phenoxy) is 1. The van der Waals surface area contributed by atoms with Gasteiger partial charge in [0.1, 0.15) is 11.0 Å². The highest BCUT2D eigenvalue weighted by molar-refractivity contribution is 8.00. The summed E-state index contributed by atoms with van der Waals surface area (Å²) in [4.78, 5) is 12.8. The Bertz CT molecular complexity index is 620. The van der Waals surface area contributed by atoms with Gasteiger partial charge in [-0.15, -0.1) is 11.8 Å². The van der Waals surface area contributed by atoms with Crippen molar-refractivity contribution < 1.29 is 9.53 Å². The molecule has 2 rings (SSSR count). The van der Waals surface area contributed by atoms with Crippen LogP contribution in [0.3, 0.4) is 0 Å². The molecule has 0 heterocycles. The van der Waals surface area contributed by atoms with Gasteiger partial charge in [-0.1, -0.05) is 30.3 Å². The van der Waals surface area contributed by atoms with Crippen LogP contribution >= 0.6 is 11.8 Å². The van der Waals surface area contributed by atoms with E-state index in [4.69, 9.17) is 16.3 Å². The molecule has 2 aromatic rings. The number of hydrogen-bond donors (Lipinski definition) is 3. The lowest BCUT2D eigenvalue weighted by Gasteiger charge is -2.17. The number of carbonyl (C=O) groups is 1. The molecule has 0 radical (unpaired) electrons. The van der Waals surface area contributed by atoms with Crippen molar-refractivity contribution >= 4 is 23.4 Å². The van der Waals surface area contributed by atoms with E-state index in [1.54, 1.807) is 25.3 Å². The number of carbonyl (C=O) groups excluding carboxylic acids is 1. The molecule has 6 heteroatoms. The number of hydrazine groups is 1. The van der Waals surface area contributed by atoms with Crippen LogP contribution in [-0.2, 0) is 4.79 Å². The fourth-order valence-corrected chi connectivity index (χ4v) is 2.96. The van der Waals surface area contributed by atoms with Gasteiger partial charge in [0, 0.05) is 10.6 Å². The molecule has 0 aliphatic carbocycles. The Hall–Kier alpha value is -2.18. The molecular weight excluding hydrogens is 286 g/mol. The van der Waals surface area contributed by atoms with E-state index < -0.39 is 5.25 Å². The molecule has 0 aliphatic rings. The van der Waals surface area contributed by atoms with Gasteiger partial charge in [-0.2, -0.15) is 0 Å². The summed E-state index contributed by atoms with van der Waals surface area (Å²) in [7, 11) is 1.58. The first kappa shape index (κ1) is 15.2. The third kappa shape index (κ3) is 3.68. The number of thioether (sulfide) groups is 1. The van der Waals surface area contributed by atoms with E-state index in [1.165, 1.54) is 11.8 Å². The van der Waals surface area contributed by atoms with Crippen LogP contribution in [0.25, 0.3) is 0 Å². The van der Waals surface area contributed by atoms with Crippen molar-refractivity contribution in [2.45, 2.75) is 10.1 Å². The second-order valence-electron chi connectivity index (χ2n) is 4.32. The number of rotatable bonds is 5. The van der Waals surface area contributed by atoms with Crippen molar-refractivity contribution in [1.29, 1.82) is 0 Å². The van der Waals surface area contributed by atoms with E-state index in [0.717, 1.165) is 10.5 Å². The Morgan fingerprint density at radius 3 is 2.57 bits per heavy atom. The van der Waals surface area contributed by atoms with Crippen molar-refractivity contribution in [3.05, 3.63) is 54.1 Å². The average Bonchev–Trinajstić information content (AvgIpc) is 2.54. The number of nitrogens with two attached hydrogens (primary N) is 2. The van der Waals surface area contributed by atoms with Gasteiger partial charge in [-0.25, -0.2) is 5.84 Å². The summed E-state index contributed by atoms with van der Waals surface area (Å²) in [5.41, 5.74) is 9.62. The minimum absolute atomic E-state index is 0.284. The zero-order chi connectivity index (χ0) is 15.2. The van der Waals surface area contributed by atoms with Crippen molar-refractivity contribution in [2.24, 2.45) is 5.84 Å². The second-order valence-corrected chi connectivity index (χ2v) is 5.47. The highest BCUT2D eigenvalue weighted by Gasteiger charge is 2.22. The number of anilines is 1. The highest BCUT2D eigenvalue weighted by atomic mass is 32.2. The second kappa shape index (κ2) is 7.01. The lowest BCUT2D eigenvalue weighted by atomic mass is 10.1. The molecule has 0 saturated carbocycles. The Morgan fingerprint density at radius 2 is 1.95 bits per heavy atom. The number of amides is 1. The monoisotopic (exact) mass is 303 g/mol. The van der Waals surface area contributed by atoms with Gasteiger partial charge in [0.05, 0.1) is 7.11 Å². The van der Waals surface area contributed by atoms with Crippen molar-refractivity contribution in [1.82, 2.24) is 5.43 Å². The molecule has 0 aromatic heterocycles. The first-order valence-electron chi connectivity index (χ1n) is 6.31. The van der Waals surface area contributed by atoms with Crippen molar-refractivity contribution in [2.75, 3.05) is 12.8 Å². The molecule has 0 saturated heterocycles. The zero-order valence-corrected chi connectivity index (χ0v) is 12.4. The van der Waals surface area contributed by atoms with Gasteiger partial charge in [-0.3, -0.25) is 10.2 Å². The van der Waals surface area contributed by atoms with E-state index in [9.17, 15) is 4.79 Å². The molecule has 1 amide bonds. The minimum Gasteiger partial charge on any atom is -0.497 e. The Labute approximate surface area is 127 Å². The van der Waals surface area contributed by atoms with Gasteiger partial charge >= 0.3 is 0 Å². The highest BCUT2D eigenvalue weighted by Crippen LogP contribution is 2.39. The van der Waals surface area contributed by atoms with Crippen LogP contribution in [0, 0.1) is 0 Å². The lowest BCUT2D eigenvalue weighted by Crippen LogP contribution is -2.33. The van der Waals surface area contributed by atoms with Crippen LogP contribution in [0.2, 0.25) is 0 Å². The standard InChI is InChI=1S/C15H17N3O2S/c1-20-11-7-8-12(16)13(9-11)21-14(15(19)18-17)10-5-3-2-4-6-10/h2-9,14H,16-17H2,1H3,(H,18,19). The molecule has 0 bridgehead atoms. The van der Waals surface area contributed by atoms with Crippen LogP contribution < -0.4 is 21.7 Å². The zero-order valence-electron chi connectivity index (χ0n) is 11.6. The average molecular weight is 303 g/mol. The maximum Gasteiger partial charge on any atom is 0.251 e. The molecule has 110 valence electrons. The number of benzene rings is 2. The maximum atomic E-state index is 12.1. The molecule has 21 heavy (non-hydrogen) atoms. The molecule has 2 aromatic carbocycles. The van der Waals surface area contributed by atoms with Gasteiger partial charge in [-0.05, 0) is 23.8 Å². The fourth-order valence-electron chi connectivity index (χ4n) is 1.85. The number of methoxy groups -OCH3 is 1. The van der Waals surface area contributed by atoms with Crippen LogP contribution in [0.1, 0.15) is 10.8 Å².